The molecular weight excluding hydrogens is 272 g/mol. The molecule has 0 saturated heterocycles. The molecule has 0 radical (unpaired) electrons. The van der Waals surface area contributed by atoms with Crippen molar-refractivity contribution < 1.29 is 9.53 Å². The van der Waals surface area contributed by atoms with Crippen LogP contribution in [-0.2, 0) is 11.2 Å². The normalized spacial score (nSPS) is 11.1. The summed E-state index contributed by atoms with van der Waals surface area (Å²) in [5, 5.41) is 0. The van der Waals surface area contributed by atoms with Crippen LogP contribution in [0.15, 0.2) is 48.5 Å². The molecule has 0 heterocycles. The molecule has 0 fully saturated rings. The van der Waals surface area contributed by atoms with Crippen LogP contribution in [0.3, 0.4) is 0 Å². The third-order valence-corrected chi connectivity index (χ3v) is 3.40. The van der Waals surface area contributed by atoms with Crippen molar-refractivity contribution in [2.24, 2.45) is 5.92 Å². The van der Waals surface area contributed by atoms with Crippen LogP contribution in [0.5, 0.6) is 0 Å². The van der Waals surface area contributed by atoms with E-state index in [1.165, 1.54) is 12.7 Å². The van der Waals surface area contributed by atoms with E-state index in [0.29, 0.717) is 11.5 Å². The van der Waals surface area contributed by atoms with Crippen molar-refractivity contribution in [1.82, 2.24) is 0 Å². The van der Waals surface area contributed by atoms with Crippen LogP contribution < -0.4 is 0 Å². The molecule has 0 atom stereocenters. The fraction of sp³-hybridized carbons (Fsp3) is 0.250. The van der Waals surface area contributed by atoms with Gasteiger partial charge in [0.25, 0.3) is 0 Å². The van der Waals surface area contributed by atoms with Crippen molar-refractivity contribution in [3.63, 3.8) is 0 Å². The molecular formula is C20H22O2. The van der Waals surface area contributed by atoms with Gasteiger partial charge in [-0.15, -0.1) is 0 Å². The summed E-state index contributed by atoms with van der Waals surface area (Å²) in [6.45, 7) is 4.45. The van der Waals surface area contributed by atoms with Gasteiger partial charge in [0.05, 0.1) is 12.7 Å². The predicted octanol–water partition coefficient (Wildman–Crippen LogP) is 4.84. The highest BCUT2D eigenvalue weighted by atomic mass is 16.5. The molecule has 0 spiro atoms. The Balaban J connectivity index is 2.10. The lowest BCUT2D eigenvalue weighted by Gasteiger charge is -2.05. The first-order valence-corrected chi connectivity index (χ1v) is 7.54. The molecule has 0 saturated carbocycles. The van der Waals surface area contributed by atoms with Crippen LogP contribution in [0.2, 0.25) is 0 Å². The van der Waals surface area contributed by atoms with Gasteiger partial charge in [-0.2, -0.15) is 0 Å². The van der Waals surface area contributed by atoms with E-state index in [0.717, 1.165) is 17.5 Å². The van der Waals surface area contributed by atoms with Gasteiger partial charge in [-0.1, -0.05) is 62.4 Å². The summed E-state index contributed by atoms with van der Waals surface area (Å²) in [7, 11) is 1.39. The molecule has 2 aromatic carbocycles. The number of methoxy groups -OCH3 is 1. The maximum absolute atomic E-state index is 11.5. The first-order valence-electron chi connectivity index (χ1n) is 7.54. The van der Waals surface area contributed by atoms with Crippen LogP contribution >= 0.6 is 0 Å². The first kappa shape index (κ1) is 16.0. The molecule has 0 bridgehead atoms. The van der Waals surface area contributed by atoms with Crippen LogP contribution in [0.4, 0.5) is 0 Å². The van der Waals surface area contributed by atoms with Gasteiger partial charge in [-0.25, -0.2) is 4.79 Å². The molecule has 114 valence electrons. The van der Waals surface area contributed by atoms with Gasteiger partial charge in [-0.05, 0) is 41.2 Å². The molecule has 0 aliphatic heterocycles. The van der Waals surface area contributed by atoms with Crippen LogP contribution in [-0.4, -0.2) is 13.1 Å². The molecule has 22 heavy (non-hydrogen) atoms. The largest absolute Gasteiger partial charge is 0.465 e. The Labute approximate surface area is 132 Å². The fourth-order valence-electron chi connectivity index (χ4n) is 2.32. The Morgan fingerprint density at radius 1 is 1.05 bits per heavy atom. The molecule has 0 aliphatic rings. The number of carbonyl (C=O) groups is 1. The molecule has 2 nitrogen and oxygen atoms in total. The SMILES string of the molecule is COC(=O)c1cccc(/C=C/c2ccc(CC(C)C)cc2)c1. The standard InChI is InChI=1S/C20H22O2/c1-15(2)13-18-11-8-16(9-12-18)7-10-17-5-4-6-19(14-17)20(21)22-3/h4-12,14-15H,13H2,1-3H3/b10-7+. The number of hydrogen-bond donors (Lipinski definition) is 0. The molecule has 2 rings (SSSR count). The molecule has 0 N–H and O–H groups in total. The summed E-state index contributed by atoms with van der Waals surface area (Å²) in [5.41, 5.74) is 4.06. The van der Waals surface area contributed by atoms with E-state index in [1.54, 1.807) is 6.07 Å². The van der Waals surface area contributed by atoms with Gasteiger partial charge < -0.3 is 4.74 Å². The number of carbonyl (C=O) groups excluding carboxylic acids is 1. The lowest BCUT2D eigenvalue weighted by atomic mass is 10.0. The number of ether oxygens (including phenoxy) is 1. The first-order chi connectivity index (χ1) is 10.6. The van der Waals surface area contributed by atoms with Crippen molar-refractivity contribution in [2.75, 3.05) is 7.11 Å². The third kappa shape index (κ3) is 4.59. The highest BCUT2D eigenvalue weighted by Gasteiger charge is 2.04. The average Bonchev–Trinajstić information content (AvgIpc) is 2.53. The Morgan fingerprint density at radius 2 is 1.73 bits per heavy atom. The Kier molecular flexibility index (Phi) is 5.54. The van der Waals surface area contributed by atoms with Crippen LogP contribution in [0.25, 0.3) is 12.2 Å². The Bertz CT molecular complexity index is 652. The maximum Gasteiger partial charge on any atom is 0.337 e. The summed E-state index contributed by atoms with van der Waals surface area (Å²) in [6.07, 6.45) is 5.16. The average molecular weight is 294 g/mol. The topological polar surface area (TPSA) is 26.3 Å². The Morgan fingerprint density at radius 3 is 2.36 bits per heavy atom. The highest BCUT2D eigenvalue weighted by Crippen LogP contribution is 2.14. The van der Waals surface area contributed by atoms with Crippen LogP contribution in [0, 0.1) is 5.92 Å². The number of esters is 1. The smallest absolute Gasteiger partial charge is 0.337 e. The second-order valence-corrected chi connectivity index (χ2v) is 5.79. The minimum Gasteiger partial charge on any atom is -0.465 e. The minimum atomic E-state index is -0.312. The van der Waals surface area contributed by atoms with Crippen LogP contribution in [0.1, 0.15) is 40.9 Å². The summed E-state index contributed by atoms with van der Waals surface area (Å²) in [6, 6.07) is 16.0. The summed E-state index contributed by atoms with van der Waals surface area (Å²) in [5.74, 6) is 0.357. The van der Waals surface area contributed by atoms with E-state index in [-0.39, 0.29) is 5.97 Å². The van der Waals surface area contributed by atoms with Gasteiger partial charge in [0.15, 0.2) is 0 Å². The highest BCUT2D eigenvalue weighted by molar-refractivity contribution is 5.90. The summed E-state index contributed by atoms with van der Waals surface area (Å²) < 4.78 is 4.74. The van der Waals surface area contributed by atoms with E-state index >= 15 is 0 Å². The van der Waals surface area contributed by atoms with E-state index in [4.69, 9.17) is 4.74 Å². The third-order valence-electron chi connectivity index (χ3n) is 3.40. The second kappa shape index (κ2) is 7.60. The predicted molar refractivity (Wildman–Crippen MR) is 91.7 cm³/mol. The van der Waals surface area contributed by atoms with Crippen molar-refractivity contribution in [2.45, 2.75) is 20.3 Å². The zero-order chi connectivity index (χ0) is 15.9. The van der Waals surface area contributed by atoms with Crippen molar-refractivity contribution >= 4 is 18.1 Å². The van der Waals surface area contributed by atoms with Gasteiger partial charge >= 0.3 is 5.97 Å². The van der Waals surface area contributed by atoms with E-state index in [2.05, 4.69) is 44.2 Å². The molecule has 0 unspecified atom stereocenters. The lowest BCUT2D eigenvalue weighted by Crippen LogP contribution is -2.00. The van der Waals surface area contributed by atoms with Gasteiger partial charge in [0.2, 0.25) is 0 Å². The number of hydrogen-bond acceptors (Lipinski definition) is 2. The minimum absolute atomic E-state index is 0.312. The lowest BCUT2D eigenvalue weighted by molar-refractivity contribution is 0.0600. The zero-order valence-corrected chi connectivity index (χ0v) is 13.4. The molecule has 0 aromatic heterocycles. The monoisotopic (exact) mass is 294 g/mol. The quantitative estimate of drug-likeness (QED) is 0.582. The second-order valence-electron chi connectivity index (χ2n) is 5.79. The van der Waals surface area contributed by atoms with Crippen molar-refractivity contribution in [3.8, 4) is 0 Å². The van der Waals surface area contributed by atoms with Crippen molar-refractivity contribution in [1.29, 1.82) is 0 Å². The van der Waals surface area contributed by atoms with Gasteiger partial charge in [-0.3, -0.25) is 0 Å². The summed E-state index contributed by atoms with van der Waals surface area (Å²) in [4.78, 5) is 11.5. The van der Waals surface area contributed by atoms with Gasteiger partial charge in [0, 0.05) is 0 Å². The maximum atomic E-state index is 11.5. The molecule has 2 aromatic rings. The Hall–Kier alpha value is -2.35. The zero-order valence-electron chi connectivity index (χ0n) is 13.4. The molecule has 2 heteroatoms. The van der Waals surface area contributed by atoms with E-state index in [9.17, 15) is 4.79 Å². The molecule has 0 amide bonds. The summed E-state index contributed by atoms with van der Waals surface area (Å²) >= 11 is 0. The fourth-order valence-corrected chi connectivity index (χ4v) is 2.32. The van der Waals surface area contributed by atoms with E-state index in [1.807, 2.05) is 24.3 Å². The van der Waals surface area contributed by atoms with Crippen molar-refractivity contribution in [3.05, 3.63) is 70.8 Å². The van der Waals surface area contributed by atoms with Gasteiger partial charge in [0.1, 0.15) is 0 Å². The van der Waals surface area contributed by atoms with E-state index < -0.39 is 0 Å². The number of rotatable bonds is 5. The number of benzene rings is 2. The molecule has 0 aliphatic carbocycles.